The summed E-state index contributed by atoms with van der Waals surface area (Å²) in [6, 6.07) is 9.10. The molecule has 3 rings (SSSR count). The predicted molar refractivity (Wildman–Crippen MR) is 99.5 cm³/mol. The molecule has 1 N–H and O–H groups in total. The van der Waals surface area contributed by atoms with Gasteiger partial charge in [0.05, 0.1) is 6.54 Å². The van der Waals surface area contributed by atoms with E-state index in [1.54, 1.807) is 0 Å². The third-order valence-corrected chi connectivity index (χ3v) is 5.33. The summed E-state index contributed by atoms with van der Waals surface area (Å²) in [6.45, 7) is 6.62. The highest BCUT2D eigenvalue weighted by Crippen LogP contribution is 2.18. The molecule has 0 aromatic heterocycles. The number of aryl methyl sites for hydroxylation is 1. The van der Waals surface area contributed by atoms with Crippen LogP contribution in [0.2, 0.25) is 0 Å². The van der Waals surface area contributed by atoms with Crippen LogP contribution in [0.5, 0.6) is 0 Å². The van der Waals surface area contributed by atoms with Gasteiger partial charge < -0.3 is 10.2 Å². The normalized spacial score (nSPS) is 20.6. The first-order valence-electron chi connectivity index (χ1n) is 9.54. The van der Waals surface area contributed by atoms with Gasteiger partial charge in [0.25, 0.3) is 0 Å². The number of hydrogen-bond donors (Lipinski definition) is 1. The molecule has 2 aliphatic rings. The molecule has 0 unspecified atom stereocenters. The molecule has 1 saturated carbocycles. The Kier molecular flexibility index (Phi) is 6.13. The minimum atomic E-state index is 0.214. The molecule has 1 heterocycles. The van der Waals surface area contributed by atoms with Crippen LogP contribution >= 0.6 is 0 Å². The van der Waals surface area contributed by atoms with Gasteiger partial charge in [-0.1, -0.05) is 37.8 Å². The van der Waals surface area contributed by atoms with Crippen LogP contribution in [-0.2, 0) is 4.79 Å². The van der Waals surface area contributed by atoms with Crippen molar-refractivity contribution in [1.29, 1.82) is 0 Å². The summed E-state index contributed by atoms with van der Waals surface area (Å²) in [5, 5.41) is 3.26. The van der Waals surface area contributed by atoms with Crippen LogP contribution < -0.4 is 10.2 Å². The fourth-order valence-electron chi connectivity index (χ4n) is 3.89. The van der Waals surface area contributed by atoms with E-state index in [9.17, 15) is 4.79 Å². The minimum Gasteiger partial charge on any atom is -0.369 e. The first kappa shape index (κ1) is 17.3. The summed E-state index contributed by atoms with van der Waals surface area (Å²) in [6.07, 6.45) is 7.50. The highest BCUT2D eigenvalue weighted by Gasteiger charge is 2.21. The van der Waals surface area contributed by atoms with E-state index in [2.05, 4.69) is 46.3 Å². The fraction of sp³-hybridized carbons (Fsp3) is 0.650. The zero-order valence-corrected chi connectivity index (χ0v) is 15.0. The molecular formula is C20H31N3O. The van der Waals surface area contributed by atoms with Crippen LogP contribution in [0.15, 0.2) is 24.3 Å². The van der Waals surface area contributed by atoms with Gasteiger partial charge in [-0.2, -0.15) is 0 Å². The van der Waals surface area contributed by atoms with E-state index < -0.39 is 0 Å². The first-order valence-corrected chi connectivity index (χ1v) is 9.54. The number of anilines is 1. The van der Waals surface area contributed by atoms with E-state index >= 15 is 0 Å². The molecule has 24 heavy (non-hydrogen) atoms. The number of amides is 1. The van der Waals surface area contributed by atoms with Gasteiger partial charge >= 0.3 is 0 Å². The molecule has 4 heteroatoms. The largest absolute Gasteiger partial charge is 0.369 e. The minimum absolute atomic E-state index is 0.214. The number of rotatable bonds is 4. The second-order valence-electron chi connectivity index (χ2n) is 7.36. The Labute approximate surface area is 146 Å². The topological polar surface area (TPSA) is 35.6 Å². The molecule has 0 bridgehead atoms. The fourth-order valence-corrected chi connectivity index (χ4v) is 3.89. The van der Waals surface area contributed by atoms with Gasteiger partial charge in [-0.15, -0.1) is 0 Å². The maximum Gasteiger partial charge on any atom is 0.234 e. The van der Waals surface area contributed by atoms with Gasteiger partial charge in [0.1, 0.15) is 0 Å². The summed E-state index contributed by atoms with van der Waals surface area (Å²) >= 11 is 0. The molecule has 1 aliphatic heterocycles. The van der Waals surface area contributed by atoms with Crippen molar-refractivity contribution in [3.05, 3.63) is 29.8 Å². The quantitative estimate of drug-likeness (QED) is 0.863. The smallest absolute Gasteiger partial charge is 0.234 e. The Morgan fingerprint density at radius 3 is 2.46 bits per heavy atom. The third-order valence-electron chi connectivity index (χ3n) is 5.33. The van der Waals surface area contributed by atoms with Crippen molar-refractivity contribution in [2.75, 3.05) is 37.6 Å². The predicted octanol–water partition coefficient (Wildman–Crippen LogP) is 2.96. The SMILES string of the molecule is Cc1cccc(N2CCN(CC(=O)NC3CCCCCC3)CC2)c1. The maximum absolute atomic E-state index is 12.3. The zero-order valence-electron chi connectivity index (χ0n) is 15.0. The molecule has 1 aromatic carbocycles. The summed E-state index contributed by atoms with van der Waals surface area (Å²) in [7, 11) is 0. The molecular weight excluding hydrogens is 298 g/mol. The van der Waals surface area contributed by atoms with Crippen molar-refractivity contribution in [2.45, 2.75) is 51.5 Å². The van der Waals surface area contributed by atoms with Crippen molar-refractivity contribution >= 4 is 11.6 Å². The molecule has 2 fully saturated rings. The van der Waals surface area contributed by atoms with Gasteiger partial charge in [-0.05, 0) is 37.5 Å². The van der Waals surface area contributed by atoms with E-state index in [1.165, 1.54) is 36.9 Å². The van der Waals surface area contributed by atoms with E-state index in [1.807, 2.05) is 0 Å². The Bertz CT molecular complexity index is 529. The average molecular weight is 329 g/mol. The van der Waals surface area contributed by atoms with E-state index in [0.29, 0.717) is 12.6 Å². The lowest BCUT2D eigenvalue weighted by Crippen LogP contribution is -2.50. The highest BCUT2D eigenvalue weighted by molar-refractivity contribution is 5.78. The number of carbonyl (C=O) groups is 1. The molecule has 0 radical (unpaired) electrons. The number of hydrogen-bond acceptors (Lipinski definition) is 3. The lowest BCUT2D eigenvalue weighted by molar-refractivity contribution is -0.123. The number of carbonyl (C=O) groups excluding carboxylic acids is 1. The summed E-state index contributed by atoms with van der Waals surface area (Å²) in [5.41, 5.74) is 2.61. The molecule has 1 amide bonds. The Morgan fingerprint density at radius 2 is 1.79 bits per heavy atom. The second-order valence-corrected chi connectivity index (χ2v) is 7.36. The zero-order chi connectivity index (χ0) is 16.8. The van der Waals surface area contributed by atoms with Crippen molar-refractivity contribution in [3.63, 3.8) is 0 Å². The Hall–Kier alpha value is -1.55. The van der Waals surface area contributed by atoms with Gasteiger partial charge in [-0.3, -0.25) is 9.69 Å². The summed E-state index contributed by atoms with van der Waals surface area (Å²) in [5.74, 6) is 0.214. The van der Waals surface area contributed by atoms with Crippen molar-refractivity contribution in [1.82, 2.24) is 10.2 Å². The molecule has 1 aromatic rings. The van der Waals surface area contributed by atoms with Crippen LogP contribution in [0.25, 0.3) is 0 Å². The maximum atomic E-state index is 12.3. The second kappa shape index (κ2) is 8.52. The highest BCUT2D eigenvalue weighted by atomic mass is 16.2. The molecule has 0 spiro atoms. The average Bonchev–Trinajstić information content (AvgIpc) is 2.84. The standard InChI is InChI=1S/C20H31N3O/c1-17-7-6-10-19(15-17)23-13-11-22(12-14-23)16-20(24)21-18-8-4-2-3-5-9-18/h6-7,10,15,18H,2-5,8-9,11-14,16H2,1H3,(H,21,24). The lowest BCUT2D eigenvalue weighted by Gasteiger charge is -2.36. The Balaban J connectivity index is 1.42. The molecule has 0 atom stereocenters. The monoisotopic (exact) mass is 329 g/mol. The Morgan fingerprint density at radius 1 is 1.08 bits per heavy atom. The molecule has 4 nitrogen and oxygen atoms in total. The molecule has 132 valence electrons. The van der Waals surface area contributed by atoms with E-state index in [4.69, 9.17) is 0 Å². The van der Waals surface area contributed by atoms with Crippen LogP contribution in [0.1, 0.15) is 44.1 Å². The molecule has 1 aliphatic carbocycles. The van der Waals surface area contributed by atoms with E-state index in [0.717, 1.165) is 39.0 Å². The van der Waals surface area contributed by atoms with Crippen molar-refractivity contribution in [2.24, 2.45) is 0 Å². The number of benzene rings is 1. The van der Waals surface area contributed by atoms with Gasteiger partial charge in [-0.25, -0.2) is 0 Å². The van der Waals surface area contributed by atoms with E-state index in [-0.39, 0.29) is 5.91 Å². The van der Waals surface area contributed by atoms with Crippen LogP contribution in [-0.4, -0.2) is 49.6 Å². The third kappa shape index (κ3) is 4.97. The van der Waals surface area contributed by atoms with Crippen molar-refractivity contribution < 1.29 is 4.79 Å². The van der Waals surface area contributed by atoms with Crippen LogP contribution in [0.3, 0.4) is 0 Å². The van der Waals surface area contributed by atoms with Gasteiger partial charge in [0.15, 0.2) is 0 Å². The lowest BCUT2D eigenvalue weighted by atomic mass is 10.1. The summed E-state index contributed by atoms with van der Waals surface area (Å²) in [4.78, 5) is 17.0. The first-order chi connectivity index (χ1) is 11.7. The van der Waals surface area contributed by atoms with Gasteiger partial charge in [0, 0.05) is 37.9 Å². The van der Waals surface area contributed by atoms with Gasteiger partial charge in [0.2, 0.25) is 5.91 Å². The van der Waals surface area contributed by atoms with Crippen LogP contribution in [0, 0.1) is 6.92 Å². The van der Waals surface area contributed by atoms with Crippen molar-refractivity contribution in [3.8, 4) is 0 Å². The van der Waals surface area contributed by atoms with Crippen LogP contribution in [0.4, 0.5) is 5.69 Å². The number of piperazine rings is 1. The summed E-state index contributed by atoms with van der Waals surface area (Å²) < 4.78 is 0. The molecule has 1 saturated heterocycles. The number of nitrogens with zero attached hydrogens (tertiary/aromatic N) is 2. The number of nitrogens with one attached hydrogen (secondary N) is 1.